The van der Waals surface area contributed by atoms with Crippen LogP contribution in [0.5, 0.6) is 0 Å². The van der Waals surface area contributed by atoms with Gasteiger partial charge in [0, 0.05) is 19.5 Å². The number of likely N-dealkylation sites (N-methyl/N-ethyl adjacent to an activating group) is 1. The Hall–Kier alpha value is -0.870. The molecule has 0 bridgehead atoms. The highest BCUT2D eigenvalue weighted by atomic mass is 16.3. The number of hydrogen-bond acceptors (Lipinski definition) is 3. The molecule has 4 heteroatoms. The second kappa shape index (κ2) is 4.97. The molecule has 1 aromatic heterocycles. The zero-order valence-corrected chi connectivity index (χ0v) is 10.2. The van der Waals surface area contributed by atoms with E-state index in [1.807, 2.05) is 13.1 Å². The SMILES string of the molecule is CCN1CCCC1Cc1cc(CO)n(C)n1. The molecule has 1 aliphatic rings. The lowest BCUT2D eigenvalue weighted by Crippen LogP contribution is -2.30. The van der Waals surface area contributed by atoms with Crippen LogP contribution >= 0.6 is 0 Å². The molecule has 90 valence electrons. The maximum absolute atomic E-state index is 9.12. The van der Waals surface area contributed by atoms with E-state index in [0.29, 0.717) is 6.04 Å². The van der Waals surface area contributed by atoms with Crippen molar-refractivity contribution in [2.75, 3.05) is 13.1 Å². The van der Waals surface area contributed by atoms with Crippen molar-refractivity contribution in [3.05, 3.63) is 17.5 Å². The summed E-state index contributed by atoms with van der Waals surface area (Å²) in [4.78, 5) is 2.52. The van der Waals surface area contributed by atoms with E-state index in [1.54, 1.807) is 4.68 Å². The Labute approximate surface area is 96.9 Å². The minimum atomic E-state index is 0.0751. The molecule has 1 saturated heterocycles. The van der Waals surface area contributed by atoms with Gasteiger partial charge in [0.1, 0.15) is 0 Å². The Bertz CT molecular complexity index is 348. The fourth-order valence-electron chi connectivity index (χ4n) is 2.60. The summed E-state index contributed by atoms with van der Waals surface area (Å²) in [5, 5.41) is 13.6. The van der Waals surface area contributed by atoms with Crippen LogP contribution in [0.15, 0.2) is 6.07 Å². The van der Waals surface area contributed by atoms with Gasteiger partial charge in [-0.15, -0.1) is 0 Å². The standard InChI is InChI=1S/C12H21N3O/c1-3-15-6-4-5-11(15)7-10-8-12(9-16)14(2)13-10/h8,11,16H,3-7,9H2,1-2H3. The minimum absolute atomic E-state index is 0.0751. The van der Waals surface area contributed by atoms with Crippen LogP contribution in [0.4, 0.5) is 0 Å². The largest absolute Gasteiger partial charge is 0.390 e. The minimum Gasteiger partial charge on any atom is -0.390 e. The first-order valence-corrected chi connectivity index (χ1v) is 6.11. The molecule has 1 atom stereocenters. The van der Waals surface area contributed by atoms with Crippen molar-refractivity contribution in [1.29, 1.82) is 0 Å². The summed E-state index contributed by atoms with van der Waals surface area (Å²) >= 11 is 0. The van der Waals surface area contributed by atoms with Crippen LogP contribution in [0.1, 0.15) is 31.2 Å². The summed E-state index contributed by atoms with van der Waals surface area (Å²) in [6.45, 7) is 4.65. The van der Waals surface area contributed by atoms with E-state index >= 15 is 0 Å². The first-order chi connectivity index (χ1) is 7.74. The van der Waals surface area contributed by atoms with Gasteiger partial charge < -0.3 is 10.0 Å². The third-order valence-electron chi connectivity index (χ3n) is 3.54. The third-order valence-corrected chi connectivity index (χ3v) is 3.54. The Morgan fingerprint density at radius 1 is 1.56 bits per heavy atom. The molecular weight excluding hydrogens is 202 g/mol. The van der Waals surface area contributed by atoms with Gasteiger partial charge in [0.25, 0.3) is 0 Å². The summed E-state index contributed by atoms with van der Waals surface area (Å²) in [5.74, 6) is 0. The highest BCUT2D eigenvalue weighted by Crippen LogP contribution is 2.20. The monoisotopic (exact) mass is 223 g/mol. The van der Waals surface area contributed by atoms with E-state index in [9.17, 15) is 0 Å². The quantitative estimate of drug-likeness (QED) is 0.826. The Morgan fingerprint density at radius 3 is 3.00 bits per heavy atom. The Balaban J connectivity index is 2.02. The number of hydrogen-bond donors (Lipinski definition) is 1. The first kappa shape index (κ1) is 11.6. The number of nitrogens with zero attached hydrogens (tertiary/aromatic N) is 3. The Kier molecular flexibility index (Phi) is 3.61. The van der Waals surface area contributed by atoms with Gasteiger partial charge >= 0.3 is 0 Å². The van der Waals surface area contributed by atoms with E-state index < -0.39 is 0 Å². The smallest absolute Gasteiger partial charge is 0.0849 e. The molecule has 4 nitrogen and oxygen atoms in total. The molecule has 0 amide bonds. The van der Waals surface area contributed by atoms with Gasteiger partial charge in [-0.05, 0) is 32.0 Å². The van der Waals surface area contributed by atoms with E-state index in [-0.39, 0.29) is 6.61 Å². The molecule has 1 fully saturated rings. The zero-order valence-electron chi connectivity index (χ0n) is 10.2. The van der Waals surface area contributed by atoms with Gasteiger partial charge in [0.15, 0.2) is 0 Å². The lowest BCUT2D eigenvalue weighted by Gasteiger charge is -2.21. The Morgan fingerprint density at radius 2 is 2.38 bits per heavy atom. The zero-order chi connectivity index (χ0) is 11.5. The maximum atomic E-state index is 9.12. The van der Waals surface area contributed by atoms with Crippen molar-refractivity contribution < 1.29 is 5.11 Å². The van der Waals surface area contributed by atoms with E-state index in [1.165, 1.54) is 19.4 Å². The molecule has 0 aromatic carbocycles. The first-order valence-electron chi connectivity index (χ1n) is 6.11. The van der Waals surface area contributed by atoms with Gasteiger partial charge in [0.2, 0.25) is 0 Å². The van der Waals surface area contributed by atoms with Crippen molar-refractivity contribution in [3.63, 3.8) is 0 Å². The summed E-state index contributed by atoms with van der Waals surface area (Å²) in [6, 6.07) is 2.66. The van der Waals surface area contributed by atoms with Crippen LogP contribution in [0.25, 0.3) is 0 Å². The highest BCUT2D eigenvalue weighted by Gasteiger charge is 2.24. The maximum Gasteiger partial charge on any atom is 0.0849 e. The number of aliphatic hydroxyl groups excluding tert-OH is 1. The molecule has 1 unspecified atom stereocenters. The average molecular weight is 223 g/mol. The number of aliphatic hydroxyl groups is 1. The summed E-state index contributed by atoms with van der Waals surface area (Å²) in [6.07, 6.45) is 3.60. The molecule has 0 aliphatic carbocycles. The van der Waals surface area contributed by atoms with Crippen LogP contribution in [-0.2, 0) is 20.1 Å². The van der Waals surface area contributed by atoms with Crippen LogP contribution in [0, 0.1) is 0 Å². The highest BCUT2D eigenvalue weighted by molar-refractivity contribution is 5.11. The molecule has 16 heavy (non-hydrogen) atoms. The van der Waals surface area contributed by atoms with Crippen molar-refractivity contribution in [3.8, 4) is 0 Å². The molecule has 0 spiro atoms. The van der Waals surface area contributed by atoms with Crippen molar-refractivity contribution in [2.24, 2.45) is 7.05 Å². The van der Waals surface area contributed by atoms with Crippen molar-refractivity contribution >= 4 is 0 Å². The van der Waals surface area contributed by atoms with Gasteiger partial charge in [0.05, 0.1) is 18.0 Å². The average Bonchev–Trinajstić information content (AvgIpc) is 2.85. The van der Waals surface area contributed by atoms with Crippen molar-refractivity contribution in [2.45, 2.75) is 38.8 Å². The fourth-order valence-corrected chi connectivity index (χ4v) is 2.60. The topological polar surface area (TPSA) is 41.3 Å². The number of aryl methyl sites for hydroxylation is 1. The summed E-state index contributed by atoms with van der Waals surface area (Å²) in [5.41, 5.74) is 2.01. The van der Waals surface area contributed by atoms with Crippen LogP contribution in [-0.4, -0.2) is 38.9 Å². The van der Waals surface area contributed by atoms with E-state index in [4.69, 9.17) is 5.11 Å². The van der Waals surface area contributed by atoms with E-state index in [2.05, 4.69) is 16.9 Å². The van der Waals surface area contributed by atoms with Gasteiger partial charge in [-0.25, -0.2) is 0 Å². The molecule has 1 aliphatic heterocycles. The second-order valence-electron chi connectivity index (χ2n) is 4.54. The lowest BCUT2D eigenvalue weighted by atomic mass is 10.1. The third kappa shape index (κ3) is 2.28. The predicted octanol–water partition coefficient (Wildman–Crippen LogP) is 0.939. The van der Waals surface area contributed by atoms with Gasteiger partial charge in [-0.2, -0.15) is 5.10 Å². The molecule has 0 saturated carbocycles. The predicted molar refractivity (Wildman–Crippen MR) is 63.1 cm³/mol. The summed E-state index contributed by atoms with van der Waals surface area (Å²) < 4.78 is 1.78. The second-order valence-corrected chi connectivity index (χ2v) is 4.54. The molecule has 0 radical (unpaired) electrons. The fraction of sp³-hybridized carbons (Fsp3) is 0.750. The number of likely N-dealkylation sites (tertiary alicyclic amines) is 1. The molecule has 1 aromatic rings. The summed E-state index contributed by atoms with van der Waals surface area (Å²) in [7, 11) is 1.89. The molecule has 2 heterocycles. The van der Waals surface area contributed by atoms with Crippen LogP contribution in [0.2, 0.25) is 0 Å². The van der Waals surface area contributed by atoms with Crippen LogP contribution in [0.3, 0.4) is 0 Å². The van der Waals surface area contributed by atoms with Gasteiger partial charge in [-0.3, -0.25) is 4.68 Å². The number of aromatic nitrogens is 2. The normalized spacial score (nSPS) is 21.8. The molecule has 2 rings (SSSR count). The van der Waals surface area contributed by atoms with E-state index in [0.717, 1.165) is 24.4 Å². The molecule has 1 N–H and O–H groups in total. The van der Waals surface area contributed by atoms with Crippen LogP contribution < -0.4 is 0 Å². The molecular formula is C12H21N3O. The van der Waals surface area contributed by atoms with Crippen molar-refractivity contribution in [1.82, 2.24) is 14.7 Å². The van der Waals surface area contributed by atoms with Gasteiger partial charge in [-0.1, -0.05) is 6.92 Å². The lowest BCUT2D eigenvalue weighted by molar-refractivity contribution is 0.264. The number of rotatable bonds is 4.